The number of nitrogens with one attached hydrogen (secondary N) is 1. The first-order valence-corrected chi connectivity index (χ1v) is 15.7. The molecule has 0 saturated heterocycles. The molecule has 1 heterocycles. The van der Waals surface area contributed by atoms with Crippen LogP contribution in [0.15, 0.2) is 42.1 Å². The lowest BCUT2D eigenvalue weighted by Gasteiger charge is -2.70. The third-order valence-corrected chi connectivity index (χ3v) is 13.5. The lowest BCUT2D eigenvalue weighted by atomic mass is 9.34. The minimum Gasteiger partial charge on any atom is -0.508 e. The predicted octanol–water partition coefficient (Wildman–Crippen LogP) is 8.53. The molecule has 1 aromatic heterocycles. The number of hydrogen-bond acceptors (Lipinski definition) is 4. The number of benzene rings is 2. The van der Waals surface area contributed by atoms with Crippen molar-refractivity contribution in [2.45, 2.75) is 97.8 Å². The number of fused-ring (bicyclic) bond motifs is 8. The quantitative estimate of drug-likeness (QED) is 0.142. The highest BCUT2D eigenvalue weighted by Crippen LogP contribution is 2.75. The van der Waals surface area contributed by atoms with E-state index < -0.39 is 0 Å². The summed E-state index contributed by atoms with van der Waals surface area (Å²) in [7, 11) is 0. The van der Waals surface area contributed by atoms with Gasteiger partial charge >= 0.3 is 0 Å². The van der Waals surface area contributed by atoms with Gasteiger partial charge in [-0.15, -0.1) is 0 Å². The van der Waals surface area contributed by atoms with Gasteiger partial charge in [0.15, 0.2) is 11.5 Å². The Morgan fingerprint density at radius 2 is 1.67 bits per heavy atom. The van der Waals surface area contributed by atoms with E-state index in [9.17, 15) is 20.1 Å². The van der Waals surface area contributed by atoms with Crippen molar-refractivity contribution in [1.82, 2.24) is 4.98 Å². The Bertz CT molecular complexity index is 1680. The number of carbonyl (C=O) groups is 1. The first-order valence-electron chi connectivity index (χ1n) is 15.7. The summed E-state index contributed by atoms with van der Waals surface area (Å²) in [6.45, 7) is 13.9. The molecule has 0 radical (unpaired) electrons. The van der Waals surface area contributed by atoms with E-state index in [0.717, 1.165) is 72.5 Å². The molecule has 0 bridgehead atoms. The van der Waals surface area contributed by atoms with E-state index in [1.807, 2.05) is 31.3 Å². The maximum atomic E-state index is 12.3. The number of hydrogen-bond donors (Lipinski definition) is 4. The average Bonchev–Trinajstić information content (AvgIpc) is 3.37. The molecule has 4 aliphatic carbocycles. The van der Waals surface area contributed by atoms with Gasteiger partial charge in [-0.25, -0.2) is 0 Å². The Hall–Kier alpha value is -3.21. The zero-order chi connectivity index (χ0) is 30.0. The van der Waals surface area contributed by atoms with Crippen LogP contribution in [0.1, 0.15) is 108 Å². The molecule has 3 aromatic rings. The molecule has 222 valence electrons. The van der Waals surface area contributed by atoms with Crippen LogP contribution in [0.25, 0.3) is 10.9 Å². The predicted molar refractivity (Wildman–Crippen MR) is 166 cm³/mol. The van der Waals surface area contributed by atoms with Crippen LogP contribution in [0.3, 0.4) is 0 Å². The van der Waals surface area contributed by atoms with E-state index in [4.69, 9.17) is 0 Å². The highest BCUT2D eigenvalue weighted by atomic mass is 16.3. The number of aromatic nitrogens is 1. The van der Waals surface area contributed by atoms with Gasteiger partial charge in [0.1, 0.15) is 12.0 Å². The van der Waals surface area contributed by atoms with Crippen molar-refractivity contribution < 1.29 is 20.1 Å². The molecule has 42 heavy (non-hydrogen) atoms. The Labute approximate surface area is 249 Å². The summed E-state index contributed by atoms with van der Waals surface area (Å²) in [5, 5.41) is 33.3. The highest BCUT2D eigenvalue weighted by molar-refractivity contribution is 5.86. The van der Waals surface area contributed by atoms with Crippen molar-refractivity contribution in [3.8, 4) is 17.2 Å². The van der Waals surface area contributed by atoms with Crippen LogP contribution < -0.4 is 0 Å². The number of allylic oxidation sites excluding steroid dienone is 2. The number of aldehydes is 1. The summed E-state index contributed by atoms with van der Waals surface area (Å²) in [4.78, 5) is 15.8. The zero-order valence-electron chi connectivity index (χ0n) is 25.9. The van der Waals surface area contributed by atoms with E-state index >= 15 is 0 Å². The van der Waals surface area contributed by atoms with Crippen LogP contribution in [-0.2, 0) is 10.2 Å². The van der Waals surface area contributed by atoms with Gasteiger partial charge in [0, 0.05) is 33.8 Å². The summed E-state index contributed by atoms with van der Waals surface area (Å²) in [5.74, 6) is 0.397. The molecule has 1 unspecified atom stereocenters. The van der Waals surface area contributed by atoms with Gasteiger partial charge in [-0.2, -0.15) is 0 Å². The molecule has 3 fully saturated rings. The van der Waals surface area contributed by atoms with Gasteiger partial charge in [0.2, 0.25) is 0 Å². The van der Waals surface area contributed by atoms with E-state index in [1.54, 1.807) is 6.07 Å². The number of aromatic hydroxyl groups is 3. The molecule has 0 aliphatic heterocycles. The first kappa shape index (κ1) is 27.6. The Morgan fingerprint density at radius 3 is 2.40 bits per heavy atom. The second-order valence-corrected chi connectivity index (χ2v) is 15.6. The molecule has 7 atom stereocenters. The summed E-state index contributed by atoms with van der Waals surface area (Å²) in [6, 6.07) is 7.26. The smallest absolute Gasteiger partial charge is 0.160 e. The first-order chi connectivity index (χ1) is 19.7. The van der Waals surface area contributed by atoms with Crippen molar-refractivity contribution in [3.63, 3.8) is 0 Å². The van der Waals surface area contributed by atoms with E-state index in [2.05, 4.69) is 45.7 Å². The number of phenols is 3. The lowest BCUT2D eigenvalue weighted by Crippen LogP contribution is -2.62. The van der Waals surface area contributed by atoms with E-state index in [0.29, 0.717) is 11.5 Å². The number of carbonyl (C=O) groups excluding carboxylic acids is 1. The molecule has 0 amide bonds. The Kier molecular flexibility index (Phi) is 5.56. The van der Waals surface area contributed by atoms with Crippen molar-refractivity contribution >= 4 is 17.2 Å². The van der Waals surface area contributed by atoms with Gasteiger partial charge in [-0.1, -0.05) is 46.3 Å². The highest BCUT2D eigenvalue weighted by Gasteiger charge is 2.66. The van der Waals surface area contributed by atoms with Gasteiger partial charge < -0.3 is 25.1 Å². The Balaban J connectivity index is 1.48. The minimum absolute atomic E-state index is 0.0184. The largest absolute Gasteiger partial charge is 0.508 e. The molecular formula is C37H45NO4. The fourth-order valence-corrected chi connectivity index (χ4v) is 10.5. The molecule has 2 aromatic carbocycles. The number of H-pyrrole nitrogens is 1. The van der Waals surface area contributed by atoms with Crippen molar-refractivity contribution in [2.75, 3.05) is 0 Å². The summed E-state index contributed by atoms with van der Waals surface area (Å²) >= 11 is 0. The molecule has 3 saturated carbocycles. The van der Waals surface area contributed by atoms with E-state index in [1.165, 1.54) is 11.9 Å². The molecule has 5 heteroatoms. The maximum absolute atomic E-state index is 12.3. The van der Waals surface area contributed by atoms with Gasteiger partial charge in [0.05, 0.1) is 0 Å². The van der Waals surface area contributed by atoms with Crippen molar-refractivity contribution in [1.29, 1.82) is 0 Å². The summed E-state index contributed by atoms with van der Waals surface area (Å²) in [6.07, 6.45) is 13.0. The second-order valence-electron chi connectivity index (χ2n) is 15.6. The third-order valence-electron chi connectivity index (χ3n) is 13.5. The average molecular weight is 568 g/mol. The number of phenolic OH excluding ortho intramolecular Hbond substituents is 3. The van der Waals surface area contributed by atoms with E-state index in [-0.39, 0.29) is 50.2 Å². The zero-order valence-corrected chi connectivity index (χ0v) is 25.9. The topological polar surface area (TPSA) is 93.6 Å². The summed E-state index contributed by atoms with van der Waals surface area (Å²) < 4.78 is 0. The van der Waals surface area contributed by atoms with Gasteiger partial charge in [-0.3, -0.25) is 0 Å². The van der Waals surface area contributed by atoms with Crippen LogP contribution in [-0.4, -0.2) is 26.6 Å². The molecule has 7 rings (SSSR count). The van der Waals surface area contributed by atoms with Crippen LogP contribution in [0, 0.1) is 34.5 Å². The van der Waals surface area contributed by atoms with Crippen LogP contribution in [0.5, 0.6) is 17.2 Å². The minimum atomic E-state index is -0.291. The standard InChI is InChI=1S/C37H45NO4/c1-21-31-24(25-19-38-27-8-7-22(40)15-23(25)27)16-29-35(4,26(31)17-28(41)32(21)42)12-14-37(6)30-18-33(2,20-39)9-10-34(30,3)11-13-36(29,37)5/h7-8,15-17,19-20,24,30,38,40-42H,9-14,18H2,1-6H3/t24?,30-,33-,34-,35+,36-,37+/m1/s1. The molecule has 0 spiro atoms. The van der Waals surface area contributed by atoms with Crippen LogP contribution in [0.2, 0.25) is 0 Å². The second kappa shape index (κ2) is 8.45. The van der Waals surface area contributed by atoms with Gasteiger partial charge in [0.25, 0.3) is 0 Å². The van der Waals surface area contributed by atoms with Crippen LogP contribution in [0.4, 0.5) is 0 Å². The maximum Gasteiger partial charge on any atom is 0.160 e. The molecular weight excluding hydrogens is 522 g/mol. The number of aromatic amines is 1. The monoisotopic (exact) mass is 567 g/mol. The Morgan fingerprint density at radius 1 is 0.929 bits per heavy atom. The normalized spacial score (nSPS) is 39.0. The molecule has 4 aliphatic rings. The van der Waals surface area contributed by atoms with Crippen LogP contribution >= 0.6 is 0 Å². The fraction of sp³-hybridized carbons (Fsp3) is 0.541. The lowest BCUT2D eigenvalue weighted by molar-refractivity contribution is -0.161. The number of rotatable bonds is 2. The fourth-order valence-electron chi connectivity index (χ4n) is 10.5. The van der Waals surface area contributed by atoms with Crippen molar-refractivity contribution in [2.24, 2.45) is 27.6 Å². The molecule has 5 nitrogen and oxygen atoms in total. The van der Waals surface area contributed by atoms with Gasteiger partial charge in [-0.05, 0) is 121 Å². The third kappa shape index (κ3) is 3.34. The van der Waals surface area contributed by atoms with Crippen molar-refractivity contribution in [3.05, 3.63) is 64.4 Å². The summed E-state index contributed by atoms with van der Waals surface area (Å²) in [5.41, 5.74) is 5.91. The SMILES string of the molecule is Cc1c(O)c(O)cc2c1C(c1c[nH]c3ccc(O)cc13)C=C1[C@@]2(C)CC[C@@]2(C)[C@@H]3C[C@](C)(C=O)CC[C@]3(C)CC[C@]12C. The molecule has 4 N–H and O–H groups in total.